The molecule has 3 rings (SSSR count). The van der Waals surface area contributed by atoms with Gasteiger partial charge in [-0.25, -0.2) is 4.98 Å². The summed E-state index contributed by atoms with van der Waals surface area (Å²) in [4.78, 5) is 22.5. The van der Waals surface area contributed by atoms with Crippen molar-refractivity contribution in [3.05, 3.63) is 45.9 Å². The summed E-state index contributed by atoms with van der Waals surface area (Å²) in [5.74, 6) is 1.10. The van der Waals surface area contributed by atoms with Crippen molar-refractivity contribution in [1.29, 1.82) is 5.26 Å². The summed E-state index contributed by atoms with van der Waals surface area (Å²) >= 11 is 3.43. The highest BCUT2D eigenvalue weighted by atomic mass is 79.9. The van der Waals surface area contributed by atoms with E-state index in [1.165, 1.54) is 5.56 Å². The number of hydrogen-bond acceptors (Lipinski definition) is 6. The highest BCUT2D eigenvalue weighted by Crippen LogP contribution is 2.22. The zero-order chi connectivity index (χ0) is 19.4. The van der Waals surface area contributed by atoms with E-state index in [1.807, 2.05) is 33.9 Å². The molecule has 0 unspecified atom stereocenters. The molecule has 0 spiro atoms. The molecule has 1 aromatic heterocycles. The van der Waals surface area contributed by atoms with Crippen LogP contribution in [0, 0.1) is 18.3 Å². The second-order valence-corrected chi connectivity index (χ2v) is 7.58. The summed E-state index contributed by atoms with van der Waals surface area (Å²) < 4.78 is 6.60. The first-order valence-electron chi connectivity index (χ1n) is 8.79. The topological polar surface area (TPSA) is 76.6 Å². The molecule has 2 aromatic rings. The molecule has 0 atom stereocenters. The molecule has 1 amide bonds. The van der Waals surface area contributed by atoms with E-state index in [0.717, 1.165) is 11.0 Å². The number of anilines is 1. The molecular formula is C19H22BrN5O2. The smallest absolute Gasteiger partial charge is 0.236 e. The van der Waals surface area contributed by atoms with Crippen LogP contribution in [-0.4, -0.2) is 60.5 Å². The number of hydrogen-bond donors (Lipinski definition) is 0. The van der Waals surface area contributed by atoms with E-state index in [4.69, 9.17) is 9.68 Å². The lowest BCUT2D eigenvalue weighted by molar-refractivity contribution is -0.132. The normalized spacial score (nSPS) is 14.5. The number of rotatable bonds is 5. The number of nitriles is 1. The monoisotopic (exact) mass is 431 g/mol. The first kappa shape index (κ1) is 19.4. The minimum atomic E-state index is 0.114. The van der Waals surface area contributed by atoms with Crippen LogP contribution < -0.4 is 4.90 Å². The molecule has 27 heavy (non-hydrogen) atoms. The van der Waals surface area contributed by atoms with Gasteiger partial charge in [-0.05, 0) is 24.7 Å². The van der Waals surface area contributed by atoms with Crippen molar-refractivity contribution in [3.63, 3.8) is 0 Å². The van der Waals surface area contributed by atoms with Gasteiger partial charge >= 0.3 is 0 Å². The van der Waals surface area contributed by atoms with Gasteiger partial charge in [-0.1, -0.05) is 28.1 Å². The summed E-state index contributed by atoms with van der Waals surface area (Å²) in [5.41, 5.74) is 1.48. The molecule has 2 heterocycles. The Morgan fingerprint density at radius 3 is 2.59 bits per heavy atom. The van der Waals surface area contributed by atoms with E-state index in [1.54, 1.807) is 6.92 Å². The molecule has 1 fully saturated rings. The number of carbonyl (C=O) groups is 1. The van der Waals surface area contributed by atoms with Gasteiger partial charge in [0.25, 0.3) is 0 Å². The summed E-state index contributed by atoms with van der Waals surface area (Å²) in [6, 6.07) is 10.2. The van der Waals surface area contributed by atoms with E-state index >= 15 is 0 Å². The van der Waals surface area contributed by atoms with Gasteiger partial charge in [0.1, 0.15) is 6.07 Å². The lowest BCUT2D eigenvalue weighted by Gasteiger charge is -2.35. The second-order valence-electron chi connectivity index (χ2n) is 6.67. The Morgan fingerprint density at radius 2 is 1.96 bits per heavy atom. The summed E-state index contributed by atoms with van der Waals surface area (Å²) in [6.07, 6.45) is 0. The third-order valence-corrected chi connectivity index (χ3v) is 5.04. The van der Waals surface area contributed by atoms with Crippen LogP contribution in [0.4, 0.5) is 5.88 Å². The Bertz CT molecular complexity index is 835. The Labute approximate surface area is 167 Å². The molecule has 0 aliphatic carbocycles. The Kier molecular flexibility index (Phi) is 6.14. The number of carbonyl (C=O) groups excluding carboxylic acids is 1. The number of oxazole rings is 1. The van der Waals surface area contributed by atoms with Crippen molar-refractivity contribution in [3.8, 4) is 6.07 Å². The van der Waals surface area contributed by atoms with Crippen LogP contribution in [0.3, 0.4) is 0 Å². The minimum Gasteiger partial charge on any atom is -0.424 e. The standard InChI is InChI=1S/C19H22BrN5O2/c1-14-22-17(11-21)19(27-14)25-9-7-24(8-10-25)18(26)13-23(2)12-15-3-5-16(20)6-4-15/h3-6H,7-10,12-13H2,1-2H3. The van der Waals surface area contributed by atoms with Crippen LogP contribution >= 0.6 is 15.9 Å². The molecule has 1 aliphatic rings. The molecule has 0 N–H and O–H groups in total. The third kappa shape index (κ3) is 4.87. The minimum absolute atomic E-state index is 0.114. The van der Waals surface area contributed by atoms with E-state index in [0.29, 0.717) is 50.2 Å². The van der Waals surface area contributed by atoms with Crippen molar-refractivity contribution in [2.45, 2.75) is 13.5 Å². The highest BCUT2D eigenvalue weighted by Gasteiger charge is 2.26. The molecule has 1 aromatic carbocycles. The molecule has 0 saturated carbocycles. The Morgan fingerprint density at radius 1 is 1.30 bits per heavy atom. The maximum Gasteiger partial charge on any atom is 0.236 e. The number of nitrogens with zero attached hydrogens (tertiary/aromatic N) is 5. The van der Waals surface area contributed by atoms with E-state index in [-0.39, 0.29) is 5.91 Å². The molecule has 0 bridgehead atoms. The predicted octanol–water partition coefficient (Wildman–Crippen LogP) is 2.40. The first-order valence-corrected chi connectivity index (χ1v) is 9.59. The van der Waals surface area contributed by atoms with Gasteiger partial charge in [0.15, 0.2) is 5.89 Å². The highest BCUT2D eigenvalue weighted by molar-refractivity contribution is 9.10. The van der Waals surface area contributed by atoms with Gasteiger partial charge < -0.3 is 14.2 Å². The zero-order valence-electron chi connectivity index (χ0n) is 15.5. The number of aromatic nitrogens is 1. The molecule has 1 saturated heterocycles. The lowest BCUT2D eigenvalue weighted by Crippen LogP contribution is -2.51. The maximum atomic E-state index is 12.6. The van der Waals surface area contributed by atoms with Gasteiger partial charge in [0.05, 0.1) is 6.54 Å². The SMILES string of the molecule is Cc1nc(C#N)c(N2CCN(C(=O)CN(C)Cc3ccc(Br)cc3)CC2)o1. The Balaban J connectivity index is 1.50. The number of benzene rings is 1. The fourth-order valence-electron chi connectivity index (χ4n) is 3.15. The summed E-state index contributed by atoms with van der Waals surface area (Å²) in [7, 11) is 1.95. The van der Waals surface area contributed by atoms with E-state index < -0.39 is 0 Å². The number of piperazine rings is 1. The van der Waals surface area contributed by atoms with Crippen LogP contribution in [0.5, 0.6) is 0 Å². The molecule has 8 heteroatoms. The maximum absolute atomic E-state index is 12.6. The number of aryl methyl sites for hydroxylation is 1. The predicted molar refractivity (Wildman–Crippen MR) is 105 cm³/mol. The molecular weight excluding hydrogens is 410 g/mol. The molecule has 1 aliphatic heterocycles. The van der Waals surface area contributed by atoms with Gasteiger partial charge in [-0.15, -0.1) is 0 Å². The van der Waals surface area contributed by atoms with Crippen molar-refractivity contribution < 1.29 is 9.21 Å². The first-order chi connectivity index (χ1) is 13.0. The second kappa shape index (κ2) is 8.55. The summed E-state index contributed by atoms with van der Waals surface area (Å²) in [6.45, 7) is 5.30. The zero-order valence-corrected chi connectivity index (χ0v) is 17.1. The summed E-state index contributed by atoms with van der Waals surface area (Å²) in [5, 5.41) is 9.17. The fraction of sp³-hybridized carbons (Fsp3) is 0.421. The third-order valence-electron chi connectivity index (χ3n) is 4.51. The number of halogens is 1. The van der Waals surface area contributed by atoms with Crippen LogP contribution in [-0.2, 0) is 11.3 Å². The van der Waals surface area contributed by atoms with Crippen LogP contribution in [0.1, 0.15) is 17.1 Å². The van der Waals surface area contributed by atoms with Gasteiger partial charge in [-0.2, -0.15) is 5.26 Å². The molecule has 142 valence electrons. The van der Waals surface area contributed by atoms with Gasteiger partial charge in [0, 0.05) is 44.1 Å². The van der Waals surface area contributed by atoms with E-state index in [2.05, 4.69) is 39.1 Å². The fourth-order valence-corrected chi connectivity index (χ4v) is 3.42. The van der Waals surface area contributed by atoms with E-state index in [9.17, 15) is 4.79 Å². The number of likely N-dealkylation sites (N-methyl/N-ethyl adjacent to an activating group) is 1. The average molecular weight is 432 g/mol. The quantitative estimate of drug-likeness (QED) is 0.723. The average Bonchev–Trinajstić information content (AvgIpc) is 3.04. The lowest BCUT2D eigenvalue weighted by atomic mass is 10.2. The largest absolute Gasteiger partial charge is 0.424 e. The molecule has 0 radical (unpaired) electrons. The van der Waals surface area contributed by atoms with Gasteiger partial charge in [0.2, 0.25) is 17.5 Å². The van der Waals surface area contributed by atoms with Crippen molar-refractivity contribution in [1.82, 2.24) is 14.8 Å². The number of amides is 1. The van der Waals surface area contributed by atoms with Crippen molar-refractivity contribution >= 4 is 27.7 Å². The van der Waals surface area contributed by atoms with Crippen LogP contribution in [0.15, 0.2) is 33.2 Å². The van der Waals surface area contributed by atoms with Crippen LogP contribution in [0.2, 0.25) is 0 Å². The van der Waals surface area contributed by atoms with Crippen LogP contribution in [0.25, 0.3) is 0 Å². The molecule has 7 nitrogen and oxygen atoms in total. The van der Waals surface area contributed by atoms with Crippen molar-refractivity contribution in [2.24, 2.45) is 0 Å². The van der Waals surface area contributed by atoms with Gasteiger partial charge in [-0.3, -0.25) is 9.69 Å². The Hall–Kier alpha value is -2.37. The van der Waals surface area contributed by atoms with Crippen molar-refractivity contribution in [2.75, 3.05) is 44.7 Å².